The standard InChI is InChI=1S/C16H21N3O.C6H6FN/c1-10(2)12(4)16(20)19-13(5)18-15-7-6-14(9-17)8-11(15)3;1-5-2-3-6(7)4-8-5/h6-8,10,12H,1-5H3,(H,18,19,20);2-4H,1H3/t12-;/m0./s1. The molecular formula is C22H27FN4O. The van der Waals surface area contributed by atoms with Gasteiger partial charge in [-0.1, -0.05) is 20.8 Å². The van der Waals surface area contributed by atoms with Crippen molar-refractivity contribution in [3.63, 3.8) is 0 Å². The number of rotatable bonds is 3. The van der Waals surface area contributed by atoms with Crippen molar-refractivity contribution in [2.75, 3.05) is 0 Å². The number of nitriles is 1. The van der Waals surface area contributed by atoms with Crippen molar-refractivity contribution < 1.29 is 9.18 Å². The molecule has 0 fully saturated rings. The van der Waals surface area contributed by atoms with Crippen LogP contribution in [-0.2, 0) is 4.79 Å². The number of hydrogen-bond acceptors (Lipinski definition) is 4. The molecule has 1 amide bonds. The smallest absolute Gasteiger partial charge is 0.228 e. The second kappa shape index (κ2) is 10.9. The average molecular weight is 382 g/mol. The van der Waals surface area contributed by atoms with Crippen molar-refractivity contribution in [2.45, 2.75) is 41.5 Å². The molecule has 0 saturated carbocycles. The Morgan fingerprint density at radius 3 is 2.36 bits per heavy atom. The van der Waals surface area contributed by atoms with E-state index >= 15 is 0 Å². The van der Waals surface area contributed by atoms with E-state index in [1.807, 2.05) is 34.6 Å². The number of pyridine rings is 1. The lowest BCUT2D eigenvalue weighted by Gasteiger charge is -2.15. The molecular weight excluding hydrogens is 355 g/mol. The minimum atomic E-state index is -0.282. The maximum Gasteiger partial charge on any atom is 0.228 e. The van der Waals surface area contributed by atoms with Crippen LogP contribution in [0.5, 0.6) is 0 Å². The lowest BCUT2D eigenvalue weighted by molar-refractivity contribution is -0.124. The third-order valence-corrected chi connectivity index (χ3v) is 4.21. The third-order valence-electron chi connectivity index (χ3n) is 4.21. The Kier molecular flexibility index (Phi) is 8.97. The number of benzene rings is 1. The van der Waals surface area contributed by atoms with Gasteiger partial charge < -0.3 is 5.32 Å². The van der Waals surface area contributed by atoms with Gasteiger partial charge in [-0.3, -0.25) is 9.78 Å². The normalized spacial score (nSPS) is 11.9. The molecule has 5 nitrogen and oxygen atoms in total. The Morgan fingerprint density at radius 2 is 1.89 bits per heavy atom. The first-order chi connectivity index (χ1) is 13.1. The van der Waals surface area contributed by atoms with Gasteiger partial charge in [-0.2, -0.15) is 5.26 Å². The van der Waals surface area contributed by atoms with E-state index in [9.17, 15) is 9.18 Å². The number of carbonyl (C=O) groups excluding carboxylic acids is 1. The van der Waals surface area contributed by atoms with E-state index in [1.165, 1.54) is 12.3 Å². The highest BCUT2D eigenvalue weighted by atomic mass is 19.1. The fraction of sp³-hybridized carbons (Fsp3) is 0.364. The zero-order valence-corrected chi connectivity index (χ0v) is 17.2. The largest absolute Gasteiger partial charge is 0.314 e. The van der Waals surface area contributed by atoms with E-state index in [0.717, 1.165) is 16.9 Å². The molecule has 0 radical (unpaired) electrons. The summed E-state index contributed by atoms with van der Waals surface area (Å²) < 4.78 is 12.0. The number of nitrogens with zero attached hydrogens (tertiary/aromatic N) is 3. The van der Waals surface area contributed by atoms with Crippen molar-refractivity contribution in [1.82, 2.24) is 10.3 Å². The van der Waals surface area contributed by atoms with E-state index < -0.39 is 0 Å². The molecule has 2 aromatic rings. The Labute approximate surface area is 166 Å². The number of aryl methyl sites for hydroxylation is 2. The summed E-state index contributed by atoms with van der Waals surface area (Å²) in [6.07, 6.45) is 1.20. The predicted molar refractivity (Wildman–Crippen MR) is 110 cm³/mol. The molecule has 0 aliphatic carbocycles. The quantitative estimate of drug-likeness (QED) is 0.608. The SMILES string of the molecule is CC(=Nc1ccc(C#N)cc1C)NC(=O)[C@@H](C)C(C)C.Cc1ccc(F)cn1. The lowest BCUT2D eigenvalue weighted by Crippen LogP contribution is -2.35. The van der Waals surface area contributed by atoms with Gasteiger partial charge in [0.05, 0.1) is 23.5 Å². The average Bonchev–Trinajstić information content (AvgIpc) is 2.65. The van der Waals surface area contributed by atoms with Gasteiger partial charge >= 0.3 is 0 Å². The molecule has 1 aromatic heterocycles. The van der Waals surface area contributed by atoms with Gasteiger partial charge in [0, 0.05) is 11.6 Å². The van der Waals surface area contributed by atoms with Gasteiger partial charge in [-0.05, 0) is 62.6 Å². The second-order valence-corrected chi connectivity index (χ2v) is 6.95. The van der Waals surface area contributed by atoms with Crippen LogP contribution in [0.15, 0.2) is 41.5 Å². The van der Waals surface area contributed by atoms with Crippen LogP contribution in [-0.4, -0.2) is 16.7 Å². The Morgan fingerprint density at radius 1 is 1.21 bits per heavy atom. The van der Waals surface area contributed by atoms with Gasteiger partial charge in [0.1, 0.15) is 11.7 Å². The molecule has 0 aliphatic rings. The highest BCUT2D eigenvalue weighted by molar-refractivity contribution is 5.98. The molecule has 1 N–H and O–H groups in total. The van der Waals surface area contributed by atoms with Crippen LogP contribution in [0.3, 0.4) is 0 Å². The molecule has 0 saturated heterocycles. The van der Waals surface area contributed by atoms with Crippen LogP contribution in [0.4, 0.5) is 10.1 Å². The molecule has 1 atom stereocenters. The Bertz CT molecular complexity index is 846. The Hall–Kier alpha value is -3.07. The van der Waals surface area contributed by atoms with Crippen LogP contribution in [0.1, 0.15) is 44.5 Å². The number of amidine groups is 1. The van der Waals surface area contributed by atoms with Crippen LogP contribution in [0.2, 0.25) is 0 Å². The van der Waals surface area contributed by atoms with Crippen molar-refractivity contribution in [3.8, 4) is 6.07 Å². The summed E-state index contributed by atoms with van der Waals surface area (Å²) >= 11 is 0. The first-order valence-corrected chi connectivity index (χ1v) is 9.09. The van der Waals surface area contributed by atoms with E-state index in [1.54, 1.807) is 31.2 Å². The van der Waals surface area contributed by atoms with Gasteiger partial charge in [-0.15, -0.1) is 0 Å². The number of amides is 1. The van der Waals surface area contributed by atoms with E-state index in [0.29, 0.717) is 17.3 Å². The first-order valence-electron chi connectivity index (χ1n) is 9.09. The van der Waals surface area contributed by atoms with Gasteiger partial charge in [0.25, 0.3) is 0 Å². The molecule has 0 unspecified atom stereocenters. The number of nitrogens with one attached hydrogen (secondary N) is 1. The summed E-state index contributed by atoms with van der Waals surface area (Å²) in [7, 11) is 0. The molecule has 0 bridgehead atoms. The maximum absolute atomic E-state index is 12.0. The van der Waals surface area contributed by atoms with Crippen LogP contribution in [0, 0.1) is 42.8 Å². The number of hydrogen-bond donors (Lipinski definition) is 1. The van der Waals surface area contributed by atoms with Gasteiger partial charge in [-0.25, -0.2) is 9.38 Å². The minimum Gasteiger partial charge on any atom is -0.314 e. The van der Waals surface area contributed by atoms with Gasteiger partial charge in [0.2, 0.25) is 5.91 Å². The van der Waals surface area contributed by atoms with Crippen molar-refractivity contribution in [2.24, 2.45) is 16.8 Å². The molecule has 1 aromatic carbocycles. The molecule has 2 rings (SSSR count). The summed E-state index contributed by atoms with van der Waals surface area (Å²) in [6, 6.07) is 10.4. The Balaban J connectivity index is 0.000000406. The minimum absolute atomic E-state index is 0.0208. The molecule has 28 heavy (non-hydrogen) atoms. The van der Waals surface area contributed by atoms with E-state index in [2.05, 4.69) is 21.4 Å². The monoisotopic (exact) mass is 382 g/mol. The molecule has 148 valence electrons. The zero-order chi connectivity index (χ0) is 21.3. The fourth-order valence-electron chi connectivity index (χ4n) is 2.10. The summed E-state index contributed by atoms with van der Waals surface area (Å²) in [5, 5.41) is 11.6. The highest BCUT2D eigenvalue weighted by Gasteiger charge is 2.16. The molecule has 0 aliphatic heterocycles. The predicted octanol–water partition coefficient (Wildman–Crippen LogP) is 4.85. The summed E-state index contributed by atoms with van der Waals surface area (Å²) in [5.74, 6) is 0.500. The molecule has 0 spiro atoms. The number of aliphatic imine (C=N–C) groups is 1. The second-order valence-electron chi connectivity index (χ2n) is 6.95. The highest BCUT2D eigenvalue weighted by Crippen LogP contribution is 2.19. The number of aromatic nitrogens is 1. The third kappa shape index (κ3) is 7.67. The van der Waals surface area contributed by atoms with E-state index in [4.69, 9.17) is 5.26 Å². The fourth-order valence-corrected chi connectivity index (χ4v) is 2.10. The summed E-state index contributed by atoms with van der Waals surface area (Å²) in [4.78, 5) is 20.0. The number of halogens is 1. The van der Waals surface area contributed by atoms with E-state index in [-0.39, 0.29) is 17.6 Å². The van der Waals surface area contributed by atoms with Gasteiger partial charge in [0.15, 0.2) is 0 Å². The maximum atomic E-state index is 12.0. The van der Waals surface area contributed by atoms with Crippen molar-refractivity contribution in [3.05, 3.63) is 59.2 Å². The topological polar surface area (TPSA) is 78.1 Å². The van der Waals surface area contributed by atoms with Crippen molar-refractivity contribution in [1.29, 1.82) is 5.26 Å². The zero-order valence-electron chi connectivity index (χ0n) is 17.2. The number of carbonyl (C=O) groups is 1. The van der Waals surface area contributed by atoms with Crippen LogP contribution in [0.25, 0.3) is 0 Å². The summed E-state index contributed by atoms with van der Waals surface area (Å²) in [5.41, 5.74) is 3.12. The summed E-state index contributed by atoms with van der Waals surface area (Å²) in [6.45, 7) is 11.4. The lowest BCUT2D eigenvalue weighted by atomic mass is 9.97. The van der Waals surface area contributed by atoms with Crippen LogP contribution >= 0.6 is 0 Å². The molecule has 6 heteroatoms. The van der Waals surface area contributed by atoms with Crippen LogP contribution < -0.4 is 5.32 Å². The molecule has 1 heterocycles. The first kappa shape index (κ1) is 23.0. The van der Waals surface area contributed by atoms with Crippen molar-refractivity contribution >= 4 is 17.4 Å².